The van der Waals surface area contributed by atoms with Crippen LogP contribution in [0.3, 0.4) is 0 Å². The van der Waals surface area contributed by atoms with Crippen molar-refractivity contribution in [3.63, 3.8) is 0 Å². The van der Waals surface area contributed by atoms with Crippen LogP contribution in [0, 0.1) is 6.92 Å². The highest BCUT2D eigenvalue weighted by Crippen LogP contribution is 2.23. The van der Waals surface area contributed by atoms with E-state index in [2.05, 4.69) is 10.3 Å². The first-order valence-electron chi connectivity index (χ1n) is 4.41. The maximum atomic E-state index is 11.3. The third-order valence-corrected chi connectivity index (χ3v) is 2.49. The largest absolute Gasteiger partial charge is 0.349 e. The zero-order valence-corrected chi connectivity index (χ0v) is 7.79. The number of pyridine rings is 1. The van der Waals surface area contributed by atoms with Crippen molar-refractivity contribution in [2.45, 2.75) is 26.3 Å². The Morgan fingerprint density at radius 2 is 2.31 bits per heavy atom. The Hall–Kier alpha value is -1.38. The highest BCUT2D eigenvalue weighted by atomic mass is 16.1. The van der Waals surface area contributed by atoms with E-state index in [-0.39, 0.29) is 11.9 Å². The van der Waals surface area contributed by atoms with E-state index in [0.29, 0.717) is 6.42 Å². The van der Waals surface area contributed by atoms with Crippen LogP contribution in [0.15, 0.2) is 12.4 Å². The molecule has 1 unspecified atom stereocenters. The van der Waals surface area contributed by atoms with Crippen molar-refractivity contribution >= 4 is 5.91 Å². The first-order chi connectivity index (χ1) is 6.18. The van der Waals surface area contributed by atoms with Crippen LogP contribution in [0.25, 0.3) is 0 Å². The number of carbonyl (C=O) groups excluding carboxylic acids is 1. The Morgan fingerprint density at radius 1 is 1.54 bits per heavy atom. The standard InChI is InChI=1S/C10H12N2O/c1-6-4-11-5-9-7(2)12-10(13)3-8(6)9/h4-5,7H,3H2,1-2H3,(H,12,13). The van der Waals surface area contributed by atoms with Gasteiger partial charge in [0.2, 0.25) is 5.91 Å². The number of aryl methyl sites for hydroxylation is 1. The summed E-state index contributed by atoms with van der Waals surface area (Å²) in [4.78, 5) is 15.4. The number of hydrogen-bond donors (Lipinski definition) is 1. The molecule has 3 heteroatoms. The second-order valence-electron chi connectivity index (χ2n) is 3.49. The van der Waals surface area contributed by atoms with Gasteiger partial charge in [0.15, 0.2) is 0 Å². The van der Waals surface area contributed by atoms with Crippen LogP contribution >= 0.6 is 0 Å². The molecule has 0 radical (unpaired) electrons. The average Bonchev–Trinajstić information content (AvgIpc) is 2.07. The molecule has 1 amide bonds. The molecule has 1 aliphatic rings. The molecule has 1 aliphatic heterocycles. The molecule has 0 saturated heterocycles. The van der Waals surface area contributed by atoms with Crippen molar-refractivity contribution in [1.82, 2.24) is 10.3 Å². The summed E-state index contributed by atoms with van der Waals surface area (Å²) in [6.45, 7) is 3.98. The predicted molar refractivity (Wildman–Crippen MR) is 49.2 cm³/mol. The molecule has 3 nitrogen and oxygen atoms in total. The maximum Gasteiger partial charge on any atom is 0.224 e. The lowest BCUT2D eigenvalue weighted by atomic mass is 9.94. The fraction of sp³-hybridized carbons (Fsp3) is 0.400. The SMILES string of the molecule is Cc1cncc2c1CC(=O)NC2C. The highest BCUT2D eigenvalue weighted by Gasteiger charge is 2.22. The van der Waals surface area contributed by atoms with E-state index >= 15 is 0 Å². The molecule has 1 aromatic heterocycles. The molecule has 2 heterocycles. The molecule has 0 spiro atoms. The van der Waals surface area contributed by atoms with Gasteiger partial charge >= 0.3 is 0 Å². The average molecular weight is 176 g/mol. The number of fused-ring (bicyclic) bond motifs is 1. The van der Waals surface area contributed by atoms with E-state index in [0.717, 1.165) is 16.7 Å². The molecule has 0 fully saturated rings. The van der Waals surface area contributed by atoms with Gasteiger partial charge in [-0.25, -0.2) is 0 Å². The lowest BCUT2D eigenvalue weighted by Crippen LogP contribution is -2.34. The van der Waals surface area contributed by atoms with Crippen molar-refractivity contribution in [2.24, 2.45) is 0 Å². The third kappa shape index (κ3) is 1.30. The summed E-state index contributed by atoms with van der Waals surface area (Å²) < 4.78 is 0. The first-order valence-corrected chi connectivity index (χ1v) is 4.41. The topological polar surface area (TPSA) is 42.0 Å². The zero-order chi connectivity index (χ0) is 9.42. The van der Waals surface area contributed by atoms with E-state index in [1.807, 2.05) is 26.2 Å². The van der Waals surface area contributed by atoms with Gasteiger partial charge in [-0.3, -0.25) is 9.78 Å². The molecule has 0 aliphatic carbocycles. The van der Waals surface area contributed by atoms with Gasteiger partial charge < -0.3 is 5.32 Å². The van der Waals surface area contributed by atoms with Gasteiger partial charge in [0, 0.05) is 12.4 Å². The van der Waals surface area contributed by atoms with Gasteiger partial charge in [-0.15, -0.1) is 0 Å². The third-order valence-electron chi connectivity index (χ3n) is 2.49. The minimum absolute atomic E-state index is 0.101. The Labute approximate surface area is 77.2 Å². The second kappa shape index (κ2) is 2.83. The van der Waals surface area contributed by atoms with Gasteiger partial charge in [0.1, 0.15) is 0 Å². The monoisotopic (exact) mass is 176 g/mol. The second-order valence-corrected chi connectivity index (χ2v) is 3.49. The number of hydrogen-bond acceptors (Lipinski definition) is 2. The van der Waals surface area contributed by atoms with Gasteiger partial charge in [0.25, 0.3) is 0 Å². The van der Waals surface area contributed by atoms with Crippen LogP contribution in [0.5, 0.6) is 0 Å². The van der Waals surface area contributed by atoms with E-state index in [4.69, 9.17) is 0 Å². The normalized spacial score (nSPS) is 20.8. The number of nitrogens with one attached hydrogen (secondary N) is 1. The van der Waals surface area contributed by atoms with Crippen LogP contribution in [-0.2, 0) is 11.2 Å². The molecule has 2 rings (SSSR count). The first kappa shape index (κ1) is 8.23. The van der Waals surface area contributed by atoms with E-state index in [1.54, 1.807) is 0 Å². The van der Waals surface area contributed by atoms with Crippen LogP contribution in [0.2, 0.25) is 0 Å². The Kier molecular flexibility index (Phi) is 1.79. The maximum absolute atomic E-state index is 11.3. The lowest BCUT2D eigenvalue weighted by molar-refractivity contribution is -0.121. The van der Waals surface area contributed by atoms with E-state index < -0.39 is 0 Å². The molecule has 0 aromatic carbocycles. The smallest absolute Gasteiger partial charge is 0.224 e. The summed E-state index contributed by atoms with van der Waals surface area (Å²) >= 11 is 0. The predicted octanol–water partition coefficient (Wildman–Crippen LogP) is 1.12. The number of aromatic nitrogens is 1. The summed E-state index contributed by atoms with van der Waals surface area (Å²) in [5.41, 5.74) is 3.41. The quantitative estimate of drug-likeness (QED) is 0.643. The molecular formula is C10H12N2O. The van der Waals surface area contributed by atoms with Crippen molar-refractivity contribution in [3.05, 3.63) is 29.1 Å². The number of nitrogens with zero attached hydrogens (tertiary/aromatic N) is 1. The minimum Gasteiger partial charge on any atom is -0.349 e. The fourth-order valence-electron chi connectivity index (χ4n) is 1.76. The Bertz CT molecular complexity index is 360. The van der Waals surface area contributed by atoms with Crippen molar-refractivity contribution in [1.29, 1.82) is 0 Å². The van der Waals surface area contributed by atoms with Crippen molar-refractivity contribution in [2.75, 3.05) is 0 Å². The zero-order valence-electron chi connectivity index (χ0n) is 7.79. The molecule has 1 N–H and O–H groups in total. The van der Waals surface area contributed by atoms with E-state index in [1.165, 1.54) is 0 Å². The van der Waals surface area contributed by atoms with Gasteiger partial charge in [-0.05, 0) is 30.5 Å². The number of carbonyl (C=O) groups is 1. The summed E-state index contributed by atoms with van der Waals surface area (Å²) in [6, 6.07) is 0.101. The number of rotatable bonds is 0. The number of amides is 1. The molecule has 0 saturated carbocycles. The van der Waals surface area contributed by atoms with Gasteiger partial charge in [-0.2, -0.15) is 0 Å². The minimum atomic E-state index is 0.101. The molecule has 68 valence electrons. The fourth-order valence-corrected chi connectivity index (χ4v) is 1.76. The van der Waals surface area contributed by atoms with Crippen molar-refractivity contribution in [3.8, 4) is 0 Å². The van der Waals surface area contributed by atoms with Crippen LogP contribution in [0.1, 0.15) is 29.7 Å². The van der Waals surface area contributed by atoms with Gasteiger partial charge in [-0.1, -0.05) is 0 Å². The Morgan fingerprint density at radius 3 is 3.08 bits per heavy atom. The molecule has 1 atom stereocenters. The van der Waals surface area contributed by atoms with E-state index in [9.17, 15) is 4.79 Å². The van der Waals surface area contributed by atoms with Gasteiger partial charge in [0.05, 0.1) is 12.5 Å². The Balaban J connectivity index is 2.54. The van der Waals surface area contributed by atoms with Crippen LogP contribution in [-0.4, -0.2) is 10.9 Å². The molecule has 13 heavy (non-hydrogen) atoms. The molecular weight excluding hydrogens is 164 g/mol. The van der Waals surface area contributed by atoms with Crippen LogP contribution in [0.4, 0.5) is 0 Å². The summed E-state index contributed by atoms with van der Waals surface area (Å²) in [6.07, 6.45) is 4.14. The van der Waals surface area contributed by atoms with Crippen molar-refractivity contribution < 1.29 is 4.79 Å². The van der Waals surface area contributed by atoms with Crippen LogP contribution < -0.4 is 5.32 Å². The summed E-state index contributed by atoms with van der Waals surface area (Å²) in [5, 5.41) is 2.88. The molecule has 0 bridgehead atoms. The lowest BCUT2D eigenvalue weighted by Gasteiger charge is -2.24. The highest BCUT2D eigenvalue weighted by molar-refractivity contribution is 5.81. The molecule has 1 aromatic rings. The summed E-state index contributed by atoms with van der Waals surface area (Å²) in [5.74, 6) is 0.106. The summed E-state index contributed by atoms with van der Waals surface area (Å²) in [7, 11) is 0.